The van der Waals surface area contributed by atoms with Crippen LogP contribution < -0.4 is 10.7 Å². The lowest BCUT2D eigenvalue weighted by atomic mass is 10.1. The first-order valence-corrected chi connectivity index (χ1v) is 4.47. The van der Waals surface area contributed by atoms with Gasteiger partial charge in [-0.15, -0.1) is 0 Å². The molecule has 0 unspecified atom stereocenters. The predicted octanol–water partition coefficient (Wildman–Crippen LogP) is 2.21. The smallest absolute Gasteiger partial charge is 0.201 e. The molecule has 0 saturated heterocycles. The SMILES string of the molecule is CNc1cc(C(C)C)cccc1=O. The lowest BCUT2D eigenvalue weighted by Crippen LogP contribution is -2.03. The van der Waals surface area contributed by atoms with E-state index in [4.69, 9.17) is 0 Å². The lowest BCUT2D eigenvalue weighted by Gasteiger charge is -2.02. The second kappa shape index (κ2) is 4.08. The zero-order valence-corrected chi connectivity index (χ0v) is 8.29. The molecule has 0 spiro atoms. The highest BCUT2D eigenvalue weighted by molar-refractivity contribution is 5.44. The summed E-state index contributed by atoms with van der Waals surface area (Å²) in [5.74, 6) is 0.443. The molecule has 2 nitrogen and oxygen atoms in total. The van der Waals surface area contributed by atoms with Gasteiger partial charge in [-0.25, -0.2) is 0 Å². The van der Waals surface area contributed by atoms with E-state index in [1.165, 1.54) is 5.56 Å². The van der Waals surface area contributed by atoms with Crippen LogP contribution >= 0.6 is 0 Å². The number of hydrogen-bond donors (Lipinski definition) is 1. The molecule has 1 rings (SSSR count). The van der Waals surface area contributed by atoms with Crippen LogP contribution in [0.25, 0.3) is 0 Å². The molecule has 0 aromatic heterocycles. The van der Waals surface area contributed by atoms with Crippen molar-refractivity contribution in [2.75, 3.05) is 12.4 Å². The maximum atomic E-state index is 11.4. The highest BCUT2D eigenvalue weighted by atomic mass is 16.1. The molecular formula is C11H15NO. The van der Waals surface area contributed by atoms with Crippen LogP contribution in [-0.4, -0.2) is 7.05 Å². The van der Waals surface area contributed by atoms with Gasteiger partial charge in [0.2, 0.25) is 5.43 Å². The monoisotopic (exact) mass is 177 g/mol. The summed E-state index contributed by atoms with van der Waals surface area (Å²) in [6.45, 7) is 4.22. The van der Waals surface area contributed by atoms with E-state index in [2.05, 4.69) is 19.2 Å². The van der Waals surface area contributed by atoms with E-state index in [9.17, 15) is 4.79 Å². The highest BCUT2D eigenvalue weighted by Crippen LogP contribution is 2.14. The topological polar surface area (TPSA) is 29.1 Å². The van der Waals surface area contributed by atoms with E-state index in [0.717, 1.165) is 0 Å². The standard InChI is InChI=1S/C11H15NO/c1-8(2)9-5-4-6-11(13)10(7-9)12-3/h4-8H,1-3H3,(H,12,13). The first-order chi connectivity index (χ1) is 6.15. The quantitative estimate of drug-likeness (QED) is 0.750. The molecule has 0 aliphatic carbocycles. The van der Waals surface area contributed by atoms with Gasteiger partial charge < -0.3 is 5.32 Å². The zero-order chi connectivity index (χ0) is 9.84. The number of hydrogen-bond acceptors (Lipinski definition) is 2. The van der Waals surface area contributed by atoms with E-state index < -0.39 is 0 Å². The van der Waals surface area contributed by atoms with E-state index in [1.54, 1.807) is 19.2 Å². The summed E-state index contributed by atoms with van der Waals surface area (Å²) in [5, 5.41) is 2.90. The molecule has 0 bridgehead atoms. The van der Waals surface area contributed by atoms with Gasteiger partial charge in [0.1, 0.15) is 0 Å². The Hall–Kier alpha value is -1.31. The van der Waals surface area contributed by atoms with Gasteiger partial charge in [-0.2, -0.15) is 0 Å². The minimum atomic E-state index is 0.0365. The van der Waals surface area contributed by atoms with Crippen LogP contribution in [0.1, 0.15) is 25.3 Å². The molecule has 1 N–H and O–H groups in total. The minimum Gasteiger partial charge on any atom is -0.385 e. The fraction of sp³-hybridized carbons (Fsp3) is 0.364. The second-order valence-corrected chi connectivity index (χ2v) is 3.35. The van der Waals surface area contributed by atoms with Crippen molar-refractivity contribution in [3.8, 4) is 0 Å². The summed E-state index contributed by atoms with van der Waals surface area (Å²) in [7, 11) is 1.76. The average molecular weight is 177 g/mol. The molecular weight excluding hydrogens is 162 g/mol. The molecule has 1 aromatic rings. The van der Waals surface area contributed by atoms with Gasteiger partial charge in [0.25, 0.3) is 0 Å². The van der Waals surface area contributed by atoms with Crippen LogP contribution in [-0.2, 0) is 0 Å². The predicted molar refractivity (Wildman–Crippen MR) is 56.3 cm³/mol. The van der Waals surface area contributed by atoms with Gasteiger partial charge in [0.15, 0.2) is 0 Å². The molecule has 0 saturated carbocycles. The summed E-state index contributed by atoms with van der Waals surface area (Å²) in [6, 6.07) is 7.27. The molecule has 0 aliphatic heterocycles. The van der Waals surface area contributed by atoms with Gasteiger partial charge >= 0.3 is 0 Å². The van der Waals surface area contributed by atoms with Crippen molar-refractivity contribution in [3.05, 3.63) is 40.1 Å². The fourth-order valence-corrected chi connectivity index (χ4v) is 1.18. The normalized spacial score (nSPS) is 10.2. The van der Waals surface area contributed by atoms with Crippen molar-refractivity contribution in [2.45, 2.75) is 19.8 Å². The maximum absolute atomic E-state index is 11.4. The molecule has 0 radical (unpaired) electrons. The van der Waals surface area contributed by atoms with Crippen LogP contribution in [0.5, 0.6) is 0 Å². The fourth-order valence-electron chi connectivity index (χ4n) is 1.18. The maximum Gasteiger partial charge on any atom is 0.201 e. The Balaban J connectivity index is 3.31. The van der Waals surface area contributed by atoms with Crippen LogP contribution in [0.3, 0.4) is 0 Å². The van der Waals surface area contributed by atoms with Crippen molar-refractivity contribution in [2.24, 2.45) is 0 Å². The Morgan fingerprint density at radius 1 is 1.31 bits per heavy atom. The first kappa shape index (κ1) is 9.78. The number of anilines is 1. The summed E-state index contributed by atoms with van der Waals surface area (Å²) in [5.41, 5.74) is 1.87. The Labute approximate surface area is 78.6 Å². The molecule has 0 amide bonds. The van der Waals surface area contributed by atoms with Crippen LogP contribution in [0, 0.1) is 0 Å². The molecule has 2 heteroatoms. The van der Waals surface area contributed by atoms with Gasteiger partial charge in [0, 0.05) is 7.05 Å². The average Bonchev–Trinajstić information content (AvgIpc) is 2.27. The summed E-state index contributed by atoms with van der Waals surface area (Å²) >= 11 is 0. The summed E-state index contributed by atoms with van der Waals surface area (Å²) < 4.78 is 0. The number of nitrogens with one attached hydrogen (secondary N) is 1. The zero-order valence-electron chi connectivity index (χ0n) is 8.29. The Morgan fingerprint density at radius 2 is 2.00 bits per heavy atom. The van der Waals surface area contributed by atoms with Crippen molar-refractivity contribution in [1.82, 2.24) is 0 Å². The van der Waals surface area contributed by atoms with E-state index in [0.29, 0.717) is 11.6 Å². The van der Waals surface area contributed by atoms with E-state index >= 15 is 0 Å². The minimum absolute atomic E-state index is 0.0365. The molecule has 0 heterocycles. The van der Waals surface area contributed by atoms with E-state index in [1.807, 2.05) is 12.1 Å². The van der Waals surface area contributed by atoms with Crippen molar-refractivity contribution >= 4 is 5.69 Å². The molecule has 13 heavy (non-hydrogen) atoms. The number of rotatable bonds is 2. The van der Waals surface area contributed by atoms with Gasteiger partial charge in [0.05, 0.1) is 5.69 Å². The van der Waals surface area contributed by atoms with Crippen LogP contribution in [0.4, 0.5) is 5.69 Å². The lowest BCUT2D eigenvalue weighted by molar-refractivity contribution is 0.868. The third-order valence-corrected chi connectivity index (χ3v) is 2.05. The third-order valence-electron chi connectivity index (χ3n) is 2.05. The van der Waals surface area contributed by atoms with Crippen molar-refractivity contribution in [3.63, 3.8) is 0 Å². The Morgan fingerprint density at radius 3 is 2.54 bits per heavy atom. The van der Waals surface area contributed by atoms with Gasteiger partial charge in [-0.05, 0) is 23.6 Å². The van der Waals surface area contributed by atoms with Gasteiger partial charge in [-0.1, -0.05) is 26.0 Å². The largest absolute Gasteiger partial charge is 0.385 e. The van der Waals surface area contributed by atoms with E-state index in [-0.39, 0.29) is 5.43 Å². The van der Waals surface area contributed by atoms with Crippen LogP contribution in [0.2, 0.25) is 0 Å². The Bertz CT molecular complexity index is 344. The third kappa shape index (κ3) is 2.31. The molecule has 70 valence electrons. The van der Waals surface area contributed by atoms with Gasteiger partial charge in [-0.3, -0.25) is 4.79 Å². The van der Waals surface area contributed by atoms with Crippen molar-refractivity contribution in [1.29, 1.82) is 0 Å². The van der Waals surface area contributed by atoms with Crippen LogP contribution in [0.15, 0.2) is 29.1 Å². The second-order valence-electron chi connectivity index (χ2n) is 3.35. The highest BCUT2D eigenvalue weighted by Gasteiger charge is 1.99. The Kier molecular flexibility index (Phi) is 3.07. The van der Waals surface area contributed by atoms with Crippen molar-refractivity contribution < 1.29 is 0 Å². The molecule has 0 fully saturated rings. The molecule has 0 aliphatic rings. The molecule has 1 aromatic carbocycles. The molecule has 0 atom stereocenters. The summed E-state index contributed by atoms with van der Waals surface area (Å²) in [4.78, 5) is 11.4. The summed E-state index contributed by atoms with van der Waals surface area (Å²) in [6.07, 6.45) is 0. The first-order valence-electron chi connectivity index (χ1n) is 4.47.